The minimum atomic E-state index is -2.12. The van der Waals surface area contributed by atoms with Crippen molar-refractivity contribution in [3.05, 3.63) is 39.3 Å². The molecule has 3 amide bonds. The van der Waals surface area contributed by atoms with Crippen LogP contribution in [-0.2, 0) is 23.8 Å². The number of morpholine rings is 1. The van der Waals surface area contributed by atoms with Gasteiger partial charge in [-0.15, -0.1) is 0 Å². The molecule has 0 aliphatic carbocycles. The van der Waals surface area contributed by atoms with Crippen LogP contribution < -0.4 is 10.6 Å². The number of phenols is 1. The van der Waals surface area contributed by atoms with Crippen LogP contribution in [0, 0.1) is 13.8 Å². The maximum Gasteiger partial charge on any atom is 0.410 e. The van der Waals surface area contributed by atoms with Crippen LogP contribution in [0.5, 0.6) is 5.75 Å². The standard InChI is InChI=1S/C34H51N7O12/c1-19-12-21(13-20(2)26(19)45)29(47)36-15-23(43)27(46)28-25(38-24(44)16-37-39-35)22(42)14-34(52-28,30(48)49)7-9-41-10-11-51-18-33(41)6-8-40(17-33)31(50)53-32(3,4)5/h12-13,22-23,25,27-28,42-43,45-46H,6-11,14-18H2,1-5H3,(H,36,47)(H,38,44)(H,48,49)/t22?,23-,25-,27-,28-,33+,34-/m1/s1. The third kappa shape index (κ3) is 9.85. The summed E-state index contributed by atoms with van der Waals surface area (Å²) in [6.45, 7) is 9.12. The number of aromatic hydroxyl groups is 1. The van der Waals surface area contributed by atoms with E-state index in [9.17, 15) is 44.7 Å². The average molecular weight is 750 g/mol. The van der Waals surface area contributed by atoms with Gasteiger partial charge in [-0.1, -0.05) is 5.11 Å². The predicted octanol–water partition coefficient (Wildman–Crippen LogP) is 0.331. The number of phenolic OH excluding ortho intramolecular Hbond substituents is 1. The smallest absolute Gasteiger partial charge is 0.410 e. The Morgan fingerprint density at radius 2 is 1.85 bits per heavy atom. The first-order chi connectivity index (χ1) is 24.8. The van der Waals surface area contributed by atoms with Crippen LogP contribution in [0.2, 0.25) is 0 Å². The molecule has 4 rings (SSSR count). The van der Waals surface area contributed by atoms with Gasteiger partial charge in [-0.2, -0.15) is 0 Å². The lowest BCUT2D eigenvalue weighted by Gasteiger charge is -2.49. The number of benzene rings is 1. The highest BCUT2D eigenvalue weighted by Crippen LogP contribution is 2.38. The number of carboxylic acids is 1. The number of carboxylic acid groups (broad SMARTS) is 1. The molecule has 0 bridgehead atoms. The van der Waals surface area contributed by atoms with Crippen LogP contribution in [0.1, 0.15) is 61.5 Å². The first kappa shape index (κ1) is 41.5. The minimum Gasteiger partial charge on any atom is -0.507 e. The molecule has 19 nitrogen and oxygen atoms in total. The number of amides is 3. The molecular formula is C34H51N7O12. The molecule has 53 heavy (non-hydrogen) atoms. The van der Waals surface area contributed by atoms with Crippen molar-refractivity contribution in [1.82, 2.24) is 20.4 Å². The second-order valence-corrected chi connectivity index (χ2v) is 15.0. The van der Waals surface area contributed by atoms with Gasteiger partial charge in [-0.05, 0) is 69.8 Å². The van der Waals surface area contributed by atoms with Gasteiger partial charge in [0.05, 0.1) is 37.0 Å². The number of nitrogens with one attached hydrogen (secondary N) is 2. The van der Waals surface area contributed by atoms with Gasteiger partial charge in [-0.3, -0.25) is 14.5 Å². The summed E-state index contributed by atoms with van der Waals surface area (Å²) < 4.78 is 17.5. The zero-order chi connectivity index (χ0) is 39.3. The number of carbonyl (C=O) groups excluding carboxylic acids is 3. The van der Waals surface area contributed by atoms with Crippen LogP contribution in [0.25, 0.3) is 10.4 Å². The third-order valence-corrected chi connectivity index (χ3v) is 9.94. The Balaban J connectivity index is 1.54. The summed E-state index contributed by atoms with van der Waals surface area (Å²) in [4.78, 5) is 57.6. The molecule has 1 aromatic carbocycles. The summed E-state index contributed by atoms with van der Waals surface area (Å²) in [6.07, 6.45) is -7.75. The summed E-state index contributed by atoms with van der Waals surface area (Å²) in [5, 5.41) is 62.6. The summed E-state index contributed by atoms with van der Waals surface area (Å²) in [7, 11) is 0. The van der Waals surface area contributed by atoms with E-state index in [-0.39, 0.29) is 37.4 Å². The van der Waals surface area contributed by atoms with Crippen molar-refractivity contribution < 1.29 is 58.9 Å². The van der Waals surface area contributed by atoms with Gasteiger partial charge in [0.1, 0.15) is 30.1 Å². The molecule has 3 aliphatic rings. The summed E-state index contributed by atoms with van der Waals surface area (Å²) in [5.41, 5.74) is 6.25. The molecule has 1 unspecified atom stereocenters. The van der Waals surface area contributed by atoms with E-state index in [1.54, 1.807) is 39.5 Å². The maximum absolute atomic E-state index is 13.0. The number of rotatable bonds is 12. The molecule has 1 aromatic rings. The Morgan fingerprint density at radius 1 is 1.17 bits per heavy atom. The molecule has 1 spiro atoms. The second kappa shape index (κ2) is 16.8. The van der Waals surface area contributed by atoms with E-state index in [2.05, 4.69) is 20.7 Å². The molecular weight excluding hydrogens is 698 g/mol. The van der Waals surface area contributed by atoms with Gasteiger partial charge in [-0.25, -0.2) is 9.59 Å². The molecule has 7 N–H and O–H groups in total. The zero-order valence-corrected chi connectivity index (χ0v) is 30.6. The van der Waals surface area contributed by atoms with E-state index in [4.69, 9.17) is 19.7 Å². The SMILES string of the molecule is Cc1cc(C(=O)NC[C@@H](O)[C@@H](O)[C@@H]2O[C@@](CCN3CCOC[C@@]34CCN(C(=O)OC(C)(C)C)C4)(C(=O)O)CC(O)[C@H]2NC(=O)CN=[N+]=[N-])cc(C)c1O. The topological polar surface area (TPSA) is 276 Å². The van der Waals surface area contributed by atoms with Crippen LogP contribution in [-0.4, -0.2) is 159 Å². The van der Waals surface area contributed by atoms with Crippen molar-refractivity contribution in [2.24, 2.45) is 5.11 Å². The van der Waals surface area contributed by atoms with Gasteiger partial charge < -0.3 is 55.3 Å². The normalized spacial score (nSPS) is 27.4. The number of aliphatic hydroxyl groups is 3. The van der Waals surface area contributed by atoms with Crippen LogP contribution in [0.15, 0.2) is 17.2 Å². The number of aliphatic hydroxyl groups excluding tert-OH is 3. The molecule has 7 atom stereocenters. The number of aliphatic carboxylic acids is 1. The number of nitrogens with zero attached hydrogens (tertiary/aromatic N) is 5. The lowest BCUT2D eigenvalue weighted by atomic mass is 9.81. The number of hydrogen-bond donors (Lipinski definition) is 7. The lowest BCUT2D eigenvalue weighted by molar-refractivity contribution is -0.231. The van der Waals surface area contributed by atoms with Gasteiger partial charge in [0.2, 0.25) is 5.91 Å². The fourth-order valence-electron chi connectivity index (χ4n) is 7.13. The minimum absolute atomic E-state index is 0.0234. The van der Waals surface area contributed by atoms with Gasteiger partial charge in [0, 0.05) is 56.0 Å². The number of hydrogen-bond acceptors (Lipinski definition) is 13. The van der Waals surface area contributed by atoms with E-state index in [1.165, 1.54) is 12.1 Å². The third-order valence-electron chi connectivity index (χ3n) is 9.94. The van der Waals surface area contributed by atoms with E-state index in [0.29, 0.717) is 37.2 Å². The number of aryl methyl sites for hydroxylation is 2. The zero-order valence-electron chi connectivity index (χ0n) is 30.6. The molecule has 19 heteroatoms. The molecule has 0 saturated carbocycles. The summed E-state index contributed by atoms with van der Waals surface area (Å²) >= 11 is 0. The fourth-order valence-corrected chi connectivity index (χ4v) is 7.13. The predicted molar refractivity (Wildman–Crippen MR) is 186 cm³/mol. The Hall–Kier alpha value is -4.23. The highest BCUT2D eigenvalue weighted by atomic mass is 16.6. The van der Waals surface area contributed by atoms with Crippen molar-refractivity contribution in [3.8, 4) is 5.75 Å². The monoisotopic (exact) mass is 749 g/mol. The van der Waals surface area contributed by atoms with Gasteiger partial charge >= 0.3 is 12.1 Å². The average Bonchev–Trinajstić information content (AvgIpc) is 3.52. The van der Waals surface area contributed by atoms with Crippen molar-refractivity contribution >= 4 is 23.9 Å². The van der Waals surface area contributed by atoms with Crippen molar-refractivity contribution in [3.63, 3.8) is 0 Å². The highest BCUT2D eigenvalue weighted by molar-refractivity contribution is 5.95. The van der Waals surface area contributed by atoms with Crippen LogP contribution in [0.3, 0.4) is 0 Å². The van der Waals surface area contributed by atoms with E-state index in [0.717, 1.165) is 0 Å². The van der Waals surface area contributed by atoms with Gasteiger partial charge in [0.25, 0.3) is 5.91 Å². The summed E-state index contributed by atoms with van der Waals surface area (Å²) in [5.74, 6) is -2.93. The first-order valence-electron chi connectivity index (χ1n) is 17.5. The number of ether oxygens (including phenoxy) is 3. The maximum atomic E-state index is 13.0. The molecule has 294 valence electrons. The Labute approximate surface area is 306 Å². The summed E-state index contributed by atoms with van der Waals surface area (Å²) in [6, 6.07) is 1.42. The van der Waals surface area contributed by atoms with E-state index >= 15 is 0 Å². The van der Waals surface area contributed by atoms with Crippen LogP contribution in [0.4, 0.5) is 4.79 Å². The van der Waals surface area contributed by atoms with Crippen molar-refractivity contribution in [2.45, 2.75) is 101 Å². The van der Waals surface area contributed by atoms with Crippen LogP contribution >= 0.6 is 0 Å². The number of azide groups is 1. The molecule has 3 heterocycles. The molecule has 0 aromatic heterocycles. The molecule has 0 radical (unpaired) electrons. The molecule has 3 aliphatic heterocycles. The Bertz CT molecular complexity index is 1560. The fraction of sp³-hybridized carbons (Fsp3) is 0.706. The Kier molecular flexibility index (Phi) is 13.2. The highest BCUT2D eigenvalue weighted by Gasteiger charge is 2.55. The molecule has 3 saturated heterocycles. The van der Waals surface area contributed by atoms with Crippen molar-refractivity contribution in [1.29, 1.82) is 0 Å². The number of likely N-dealkylation sites (tertiary alicyclic amines) is 1. The largest absolute Gasteiger partial charge is 0.507 e. The first-order valence-corrected chi connectivity index (χ1v) is 17.5. The quantitative estimate of drug-likeness (QED) is 0.0863. The second-order valence-electron chi connectivity index (χ2n) is 15.0. The van der Waals surface area contributed by atoms with E-state index in [1.807, 2.05) is 4.90 Å². The van der Waals surface area contributed by atoms with E-state index < -0.39 is 90.6 Å². The van der Waals surface area contributed by atoms with Gasteiger partial charge in [0.15, 0.2) is 5.60 Å². The van der Waals surface area contributed by atoms with Crippen molar-refractivity contribution in [2.75, 3.05) is 52.5 Å². The number of carbonyl (C=O) groups is 4. The lowest BCUT2D eigenvalue weighted by Crippen LogP contribution is -2.68. The Morgan fingerprint density at radius 3 is 2.47 bits per heavy atom. The molecule has 3 fully saturated rings.